The van der Waals surface area contributed by atoms with Crippen LogP contribution in [0.3, 0.4) is 0 Å². The van der Waals surface area contributed by atoms with Gasteiger partial charge in [-0.05, 0) is 51.5 Å². The molecule has 1 amide bonds. The zero-order valence-electron chi connectivity index (χ0n) is 17.4. The minimum Gasteiger partial charge on any atom is -0.378 e. The van der Waals surface area contributed by atoms with E-state index < -0.39 is 26.4 Å². The minimum absolute atomic E-state index is 0.00575. The molecule has 162 valence electrons. The Hall–Kier alpha value is -2.98. The number of anilines is 1. The van der Waals surface area contributed by atoms with E-state index in [1.54, 1.807) is 52.0 Å². The third-order valence-corrected chi connectivity index (χ3v) is 5.79. The predicted octanol–water partition coefficient (Wildman–Crippen LogP) is 2.82. The Morgan fingerprint density at radius 2 is 1.77 bits per heavy atom. The van der Waals surface area contributed by atoms with Crippen LogP contribution in [0, 0.1) is 17.0 Å². The van der Waals surface area contributed by atoms with E-state index in [-0.39, 0.29) is 29.2 Å². The van der Waals surface area contributed by atoms with E-state index in [1.165, 1.54) is 18.2 Å². The number of nitrogens with one attached hydrogen (secondary N) is 3. The lowest BCUT2D eigenvalue weighted by Gasteiger charge is -2.20. The van der Waals surface area contributed by atoms with Crippen molar-refractivity contribution in [3.05, 3.63) is 63.7 Å². The molecule has 0 aliphatic heterocycles. The van der Waals surface area contributed by atoms with Crippen LogP contribution in [0.2, 0.25) is 0 Å². The Labute approximate surface area is 176 Å². The monoisotopic (exact) mass is 434 g/mol. The molecule has 30 heavy (non-hydrogen) atoms. The maximum Gasteiger partial charge on any atom is 0.292 e. The van der Waals surface area contributed by atoms with Crippen LogP contribution >= 0.6 is 0 Å². The summed E-state index contributed by atoms with van der Waals surface area (Å²) in [5, 5.41) is 16.6. The molecule has 0 unspecified atom stereocenters. The van der Waals surface area contributed by atoms with Crippen LogP contribution in [0.1, 0.15) is 36.7 Å². The first kappa shape index (κ1) is 23.3. The number of nitro groups is 1. The molecule has 9 nitrogen and oxygen atoms in total. The van der Waals surface area contributed by atoms with Crippen molar-refractivity contribution in [3.63, 3.8) is 0 Å². The van der Waals surface area contributed by atoms with Crippen LogP contribution < -0.4 is 15.4 Å². The lowest BCUT2D eigenvalue weighted by Crippen LogP contribution is -2.40. The highest BCUT2D eigenvalue weighted by Crippen LogP contribution is 2.22. The van der Waals surface area contributed by atoms with Gasteiger partial charge in [-0.1, -0.05) is 18.2 Å². The molecule has 2 aromatic carbocycles. The molecule has 10 heteroatoms. The average Bonchev–Trinajstić information content (AvgIpc) is 2.63. The Morgan fingerprint density at radius 1 is 1.10 bits per heavy atom. The summed E-state index contributed by atoms with van der Waals surface area (Å²) in [5.41, 5.74) is 0.530. The highest BCUT2D eigenvalue weighted by molar-refractivity contribution is 7.89. The molecule has 0 aliphatic carbocycles. The zero-order valence-corrected chi connectivity index (χ0v) is 18.2. The molecule has 0 fully saturated rings. The number of hydrogen-bond donors (Lipinski definition) is 3. The molecule has 0 saturated carbocycles. The standard InChI is InChI=1S/C20H26N4O5S/c1-14-9-10-15(30(28,29)23-20(2,3)4)13-16(14)19(25)22-12-11-21-17-7-5-6-8-18(17)24(26)27/h5-10,13,21,23H,11-12H2,1-4H3,(H,22,25). The first-order chi connectivity index (χ1) is 13.9. The van der Waals surface area contributed by atoms with Gasteiger partial charge in [0.1, 0.15) is 5.69 Å². The number of para-hydroxylation sites is 2. The average molecular weight is 435 g/mol. The second kappa shape index (κ2) is 9.23. The first-order valence-corrected chi connectivity index (χ1v) is 10.8. The summed E-state index contributed by atoms with van der Waals surface area (Å²) in [6.45, 7) is 7.37. The summed E-state index contributed by atoms with van der Waals surface area (Å²) in [5.74, 6) is -0.426. The predicted molar refractivity (Wildman–Crippen MR) is 115 cm³/mol. The van der Waals surface area contributed by atoms with Gasteiger partial charge in [-0.25, -0.2) is 13.1 Å². The quantitative estimate of drug-likeness (QED) is 0.333. The van der Waals surface area contributed by atoms with Gasteiger partial charge in [0, 0.05) is 30.3 Å². The summed E-state index contributed by atoms with van der Waals surface area (Å²) >= 11 is 0. The highest BCUT2D eigenvalue weighted by atomic mass is 32.2. The van der Waals surface area contributed by atoms with Gasteiger partial charge in [-0.15, -0.1) is 0 Å². The molecule has 0 heterocycles. The lowest BCUT2D eigenvalue weighted by molar-refractivity contribution is -0.384. The number of nitro benzene ring substituents is 1. The molecule has 3 N–H and O–H groups in total. The van der Waals surface area contributed by atoms with Crippen molar-refractivity contribution in [3.8, 4) is 0 Å². The van der Waals surface area contributed by atoms with Gasteiger partial charge in [0.15, 0.2) is 0 Å². The van der Waals surface area contributed by atoms with Crippen molar-refractivity contribution in [2.24, 2.45) is 0 Å². The highest BCUT2D eigenvalue weighted by Gasteiger charge is 2.23. The van der Waals surface area contributed by atoms with E-state index in [9.17, 15) is 23.3 Å². The number of rotatable bonds is 8. The van der Waals surface area contributed by atoms with E-state index in [4.69, 9.17) is 0 Å². The van der Waals surface area contributed by atoms with E-state index >= 15 is 0 Å². The van der Waals surface area contributed by atoms with E-state index in [1.807, 2.05) is 0 Å². The van der Waals surface area contributed by atoms with Gasteiger partial charge in [0.2, 0.25) is 10.0 Å². The van der Waals surface area contributed by atoms with Crippen LogP contribution in [0.15, 0.2) is 47.4 Å². The molecule has 2 rings (SSSR count). The van der Waals surface area contributed by atoms with Gasteiger partial charge in [0.05, 0.1) is 9.82 Å². The topological polar surface area (TPSA) is 130 Å². The molecule has 0 spiro atoms. The zero-order chi connectivity index (χ0) is 22.5. The normalized spacial score (nSPS) is 11.7. The maximum atomic E-state index is 12.6. The maximum absolute atomic E-state index is 12.6. The Morgan fingerprint density at radius 3 is 2.40 bits per heavy atom. The van der Waals surface area contributed by atoms with Gasteiger partial charge in [-0.2, -0.15) is 0 Å². The van der Waals surface area contributed by atoms with Crippen molar-refractivity contribution in [2.75, 3.05) is 18.4 Å². The molecule has 2 aromatic rings. The number of sulfonamides is 1. The number of amides is 1. The van der Waals surface area contributed by atoms with Gasteiger partial charge in [-0.3, -0.25) is 14.9 Å². The SMILES string of the molecule is Cc1ccc(S(=O)(=O)NC(C)(C)C)cc1C(=O)NCCNc1ccccc1[N+](=O)[O-]. The summed E-state index contributed by atoms with van der Waals surface area (Å²) in [7, 11) is -3.77. The summed E-state index contributed by atoms with van der Waals surface area (Å²) in [4.78, 5) is 23.1. The van der Waals surface area contributed by atoms with E-state index in [0.717, 1.165) is 0 Å². The molecule has 0 saturated heterocycles. The molecule has 0 bridgehead atoms. The Balaban J connectivity index is 2.05. The first-order valence-electron chi connectivity index (χ1n) is 9.31. The van der Waals surface area contributed by atoms with Crippen molar-refractivity contribution in [1.82, 2.24) is 10.0 Å². The van der Waals surface area contributed by atoms with Crippen LogP contribution in [0.25, 0.3) is 0 Å². The second-order valence-corrected chi connectivity index (χ2v) is 9.47. The fourth-order valence-corrected chi connectivity index (χ4v) is 4.17. The number of benzene rings is 2. The molecule has 0 atom stereocenters. The molecular formula is C20H26N4O5S. The number of carbonyl (C=O) groups is 1. The number of nitrogens with zero attached hydrogens (tertiary/aromatic N) is 1. The van der Waals surface area contributed by atoms with Gasteiger partial charge >= 0.3 is 0 Å². The second-order valence-electron chi connectivity index (χ2n) is 7.79. The third-order valence-electron chi connectivity index (χ3n) is 4.03. The van der Waals surface area contributed by atoms with Crippen LogP contribution in [0.5, 0.6) is 0 Å². The van der Waals surface area contributed by atoms with E-state index in [2.05, 4.69) is 15.4 Å². The Bertz CT molecular complexity index is 1050. The van der Waals surface area contributed by atoms with Crippen LogP contribution in [-0.2, 0) is 10.0 Å². The van der Waals surface area contributed by atoms with Gasteiger partial charge < -0.3 is 10.6 Å². The van der Waals surface area contributed by atoms with Crippen molar-refractivity contribution in [1.29, 1.82) is 0 Å². The summed E-state index contributed by atoms with van der Waals surface area (Å²) in [6.07, 6.45) is 0. The van der Waals surface area contributed by atoms with Crippen LogP contribution in [-0.4, -0.2) is 37.9 Å². The molecule has 0 aliphatic rings. The molecule has 0 aromatic heterocycles. The molecular weight excluding hydrogens is 408 g/mol. The van der Waals surface area contributed by atoms with Crippen LogP contribution in [0.4, 0.5) is 11.4 Å². The number of carbonyl (C=O) groups excluding carboxylic acids is 1. The van der Waals surface area contributed by atoms with Crippen molar-refractivity contribution >= 4 is 27.3 Å². The largest absolute Gasteiger partial charge is 0.378 e. The fraction of sp³-hybridized carbons (Fsp3) is 0.350. The number of aryl methyl sites for hydroxylation is 1. The number of hydrogen-bond acceptors (Lipinski definition) is 6. The van der Waals surface area contributed by atoms with Crippen molar-refractivity contribution in [2.45, 2.75) is 38.1 Å². The van der Waals surface area contributed by atoms with E-state index in [0.29, 0.717) is 11.3 Å². The summed E-state index contributed by atoms with van der Waals surface area (Å²) in [6, 6.07) is 10.6. The summed E-state index contributed by atoms with van der Waals surface area (Å²) < 4.78 is 27.6. The smallest absolute Gasteiger partial charge is 0.292 e. The minimum atomic E-state index is -3.77. The Kier molecular flexibility index (Phi) is 7.16. The third kappa shape index (κ3) is 6.26. The van der Waals surface area contributed by atoms with Gasteiger partial charge in [0.25, 0.3) is 11.6 Å². The van der Waals surface area contributed by atoms with Crippen molar-refractivity contribution < 1.29 is 18.1 Å². The fourth-order valence-electron chi connectivity index (χ4n) is 2.73. The lowest BCUT2D eigenvalue weighted by atomic mass is 10.1. The molecule has 0 radical (unpaired) electrons.